The Bertz CT molecular complexity index is 365. The zero-order valence-electron chi connectivity index (χ0n) is 7.84. The van der Waals surface area contributed by atoms with Gasteiger partial charge in [-0.3, -0.25) is 0 Å². The van der Waals surface area contributed by atoms with Gasteiger partial charge in [0.15, 0.2) is 6.54 Å². The molecule has 0 saturated carbocycles. The van der Waals surface area contributed by atoms with Crippen LogP contribution in [0.1, 0.15) is 5.56 Å². The second kappa shape index (κ2) is 5.37. The molecular formula is C10H11ClINS. The van der Waals surface area contributed by atoms with Crippen LogP contribution in [-0.2, 0) is 0 Å². The molecule has 0 amide bonds. The van der Waals surface area contributed by atoms with Crippen molar-refractivity contribution in [2.45, 2.75) is 0 Å². The fourth-order valence-electron chi connectivity index (χ4n) is 1.42. The smallest absolute Gasteiger partial charge is 0.242 e. The Labute approximate surface area is 111 Å². The van der Waals surface area contributed by atoms with Gasteiger partial charge in [0.1, 0.15) is 7.05 Å². The van der Waals surface area contributed by atoms with Gasteiger partial charge in [0.2, 0.25) is 5.04 Å². The van der Waals surface area contributed by atoms with Gasteiger partial charge in [-0.2, -0.15) is 0 Å². The van der Waals surface area contributed by atoms with Crippen molar-refractivity contribution in [2.24, 2.45) is 0 Å². The Hall–Kier alpha value is 0.260. The van der Waals surface area contributed by atoms with Gasteiger partial charge < -0.3 is 24.0 Å². The van der Waals surface area contributed by atoms with Gasteiger partial charge in [0, 0.05) is 5.02 Å². The molecule has 0 aromatic heterocycles. The fraction of sp³-hybridized carbons (Fsp3) is 0.300. The van der Waals surface area contributed by atoms with Crippen molar-refractivity contribution in [2.75, 3.05) is 19.3 Å². The van der Waals surface area contributed by atoms with Gasteiger partial charge in [-0.05, 0) is 18.2 Å². The average molecular weight is 340 g/mol. The van der Waals surface area contributed by atoms with E-state index in [9.17, 15) is 0 Å². The van der Waals surface area contributed by atoms with E-state index >= 15 is 0 Å². The third-order valence-electron chi connectivity index (χ3n) is 2.08. The van der Waals surface area contributed by atoms with Crippen LogP contribution in [0.5, 0.6) is 0 Å². The molecule has 1 aromatic carbocycles. The van der Waals surface area contributed by atoms with Crippen molar-refractivity contribution in [3.05, 3.63) is 34.9 Å². The van der Waals surface area contributed by atoms with Crippen LogP contribution in [0.4, 0.5) is 0 Å². The highest BCUT2D eigenvalue weighted by Crippen LogP contribution is 2.20. The minimum atomic E-state index is 0. The Balaban J connectivity index is 0.000000980. The highest BCUT2D eigenvalue weighted by Gasteiger charge is 2.21. The second-order valence-electron chi connectivity index (χ2n) is 3.09. The van der Waals surface area contributed by atoms with Crippen LogP contribution in [-0.4, -0.2) is 29.0 Å². The van der Waals surface area contributed by atoms with E-state index in [1.165, 1.54) is 16.4 Å². The summed E-state index contributed by atoms with van der Waals surface area (Å²) in [5.41, 5.74) is 1.23. The maximum atomic E-state index is 5.93. The van der Waals surface area contributed by atoms with Crippen LogP contribution in [0, 0.1) is 0 Å². The summed E-state index contributed by atoms with van der Waals surface area (Å²) in [5.74, 6) is 1.18. The molecule has 1 aromatic rings. The molecule has 4 heteroatoms. The summed E-state index contributed by atoms with van der Waals surface area (Å²) in [6.45, 7) is 1.13. The number of benzene rings is 1. The molecule has 1 nitrogen and oxygen atoms in total. The quantitative estimate of drug-likeness (QED) is 0.492. The Morgan fingerprint density at radius 1 is 1.43 bits per heavy atom. The molecule has 0 unspecified atom stereocenters. The first kappa shape index (κ1) is 12.3. The lowest BCUT2D eigenvalue weighted by Crippen LogP contribution is -3.00. The molecule has 1 aliphatic heterocycles. The van der Waals surface area contributed by atoms with Crippen molar-refractivity contribution in [1.29, 1.82) is 0 Å². The van der Waals surface area contributed by atoms with Gasteiger partial charge in [0.25, 0.3) is 0 Å². The van der Waals surface area contributed by atoms with Gasteiger partial charge in [-0.25, -0.2) is 4.58 Å². The zero-order valence-corrected chi connectivity index (χ0v) is 11.6. The molecule has 76 valence electrons. The number of hydrogen-bond donors (Lipinski definition) is 0. The second-order valence-corrected chi connectivity index (χ2v) is 4.61. The maximum absolute atomic E-state index is 5.93. The van der Waals surface area contributed by atoms with Crippen molar-refractivity contribution in [3.63, 3.8) is 0 Å². The van der Waals surface area contributed by atoms with Crippen LogP contribution in [0.15, 0.2) is 24.3 Å². The summed E-state index contributed by atoms with van der Waals surface area (Å²) in [7, 11) is 2.12. The standard InChI is InChI=1S/C10H11ClNS.HI/c1-12-5-6-13-10(12)8-3-2-4-9(11)7-8;/h2-4,7H,5-6H2,1H3;1H/q+1;/p-1. The normalized spacial score (nSPS) is 15.6. The molecule has 14 heavy (non-hydrogen) atoms. The minimum Gasteiger partial charge on any atom is -1.00 e. The van der Waals surface area contributed by atoms with Crippen molar-refractivity contribution in [1.82, 2.24) is 0 Å². The first-order valence-electron chi connectivity index (χ1n) is 4.24. The van der Waals surface area contributed by atoms with E-state index in [1.54, 1.807) is 0 Å². The number of halogens is 2. The Morgan fingerprint density at radius 3 is 2.79 bits per heavy atom. The van der Waals surface area contributed by atoms with Crippen molar-refractivity contribution >= 4 is 28.4 Å². The first-order valence-corrected chi connectivity index (χ1v) is 5.60. The zero-order chi connectivity index (χ0) is 9.26. The highest BCUT2D eigenvalue weighted by molar-refractivity contribution is 8.14. The predicted molar refractivity (Wildman–Crippen MR) is 59.1 cm³/mol. The summed E-state index contributed by atoms with van der Waals surface area (Å²) in [4.78, 5) is 0. The minimum absolute atomic E-state index is 0. The van der Waals surface area contributed by atoms with E-state index in [1.807, 2.05) is 30.0 Å². The lowest BCUT2D eigenvalue weighted by Gasteiger charge is -1.97. The molecule has 0 spiro atoms. The predicted octanol–water partition coefficient (Wildman–Crippen LogP) is -0.520. The van der Waals surface area contributed by atoms with Crippen LogP contribution >= 0.6 is 23.4 Å². The van der Waals surface area contributed by atoms with Gasteiger partial charge >= 0.3 is 0 Å². The first-order chi connectivity index (χ1) is 6.27. The summed E-state index contributed by atoms with van der Waals surface area (Å²) >= 11 is 7.83. The van der Waals surface area contributed by atoms with Crippen molar-refractivity contribution < 1.29 is 28.6 Å². The van der Waals surface area contributed by atoms with E-state index in [0.29, 0.717) is 0 Å². The molecule has 0 radical (unpaired) electrons. The van der Waals surface area contributed by atoms with Gasteiger partial charge in [0.05, 0.1) is 11.3 Å². The van der Waals surface area contributed by atoms with E-state index in [4.69, 9.17) is 11.6 Å². The topological polar surface area (TPSA) is 3.01 Å². The van der Waals surface area contributed by atoms with Gasteiger partial charge in [-0.1, -0.05) is 29.4 Å². The van der Waals surface area contributed by atoms with E-state index in [-0.39, 0.29) is 24.0 Å². The summed E-state index contributed by atoms with van der Waals surface area (Å²) in [5, 5.41) is 2.15. The van der Waals surface area contributed by atoms with E-state index < -0.39 is 0 Å². The number of thioether (sulfide) groups is 1. The van der Waals surface area contributed by atoms with Gasteiger partial charge in [-0.15, -0.1) is 0 Å². The molecule has 1 heterocycles. The van der Waals surface area contributed by atoms with Crippen LogP contribution < -0.4 is 24.0 Å². The lowest BCUT2D eigenvalue weighted by molar-refractivity contribution is -0.485. The Kier molecular flexibility index (Phi) is 4.73. The van der Waals surface area contributed by atoms with Crippen molar-refractivity contribution in [3.8, 4) is 0 Å². The largest absolute Gasteiger partial charge is 1.00 e. The lowest BCUT2D eigenvalue weighted by atomic mass is 10.2. The van der Waals surface area contributed by atoms with Crippen LogP contribution in [0.25, 0.3) is 0 Å². The molecule has 0 bridgehead atoms. The monoisotopic (exact) mass is 339 g/mol. The highest BCUT2D eigenvalue weighted by atomic mass is 127. The fourth-order valence-corrected chi connectivity index (χ4v) is 2.77. The number of rotatable bonds is 1. The molecule has 0 N–H and O–H groups in total. The molecule has 2 rings (SSSR count). The third kappa shape index (κ3) is 2.64. The summed E-state index contributed by atoms with van der Waals surface area (Å²) in [6, 6.07) is 8.03. The van der Waals surface area contributed by atoms with E-state index in [2.05, 4.69) is 17.7 Å². The van der Waals surface area contributed by atoms with E-state index in [0.717, 1.165) is 11.6 Å². The van der Waals surface area contributed by atoms with Crippen LogP contribution in [0.3, 0.4) is 0 Å². The third-order valence-corrected chi connectivity index (χ3v) is 3.53. The maximum Gasteiger partial charge on any atom is 0.242 e. The number of hydrogen-bond acceptors (Lipinski definition) is 1. The van der Waals surface area contributed by atoms with Crippen LogP contribution in [0.2, 0.25) is 5.02 Å². The SMILES string of the molecule is C[N+]1=C(c2cccc(Cl)c2)SCC1.[I-]. The molecule has 1 aliphatic rings. The summed E-state index contributed by atoms with van der Waals surface area (Å²) < 4.78 is 2.27. The number of nitrogens with zero attached hydrogens (tertiary/aromatic N) is 1. The summed E-state index contributed by atoms with van der Waals surface area (Å²) in [6.07, 6.45) is 0. The average Bonchev–Trinajstić information content (AvgIpc) is 2.51. The molecular weight excluding hydrogens is 329 g/mol. The Morgan fingerprint density at radius 2 is 2.21 bits per heavy atom. The molecule has 0 aliphatic carbocycles. The molecule has 0 fully saturated rings. The molecule has 0 saturated heterocycles. The molecule has 0 atom stereocenters.